The SMILES string of the molecule is O=C(CN(c1ccccc1)S(=O)(=O)c1ccc(Cl)cc1)N/N=C\c1ccc2c3c(cccc13)CC2. The van der Waals surface area contributed by atoms with Gasteiger partial charge in [0.2, 0.25) is 0 Å². The van der Waals surface area contributed by atoms with E-state index in [0.717, 1.165) is 28.1 Å². The molecule has 1 aliphatic rings. The molecule has 0 atom stereocenters. The second-order valence-electron chi connectivity index (χ2n) is 8.25. The molecular formula is C27H22ClN3O3S. The van der Waals surface area contributed by atoms with E-state index in [1.807, 2.05) is 18.2 Å². The summed E-state index contributed by atoms with van der Waals surface area (Å²) in [5, 5.41) is 6.89. The van der Waals surface area contributed by atoms with Crippen molar-refractivity contribution in [2.75, 3.05) is 10.8 Å². The topological polar surface area (TPSA) is 78.8 Å². The number of hydrogen-bond donors (Lipinski definition) is 1. The van der Waals surface area contributed by atoms with Crippen molar-refractivity contribution < 1.29 is 13.2 Å². The molecule has 0 radical (unpaired) electrons. The first-order valence-electron chi connectivity index (χ1n) is 11.1. The molecular weight excluding hydrogens is 482 g/mol. The molecule has 4 aromatic carbocycles. The van der Waals surface area contributed by atoms with E-state index in [1.165, 1.54) is 40.8 Å². The van der Waals surface area contributed by atoms with E-state index in [1.54, 1.807) is 36.5 Å². The predicted octanol–water partition coefficient (Wildman–Crippen LogP) is 4.94. The van der Waals surface area contributed by atoms with Gasteiger partial charge >= 0.3 is 0 Å². The Morgan fingerprint density at radius 2 is 1.63 bits per heavy atom. The minimum atomic E-state index is -4.01. The predicted molar refractivity (Wildman–Crippen MR) is 140 cm³/mol. The van der Waals surface area contributed by atoms with Gasteiger partial charge in [-0.3, -0.25) is 9.10 Å². The highest BCUT2D eigenvalue weighted by Crippen LogP contribution is 2.32. The summed E-state index contributed by atoms with van der Waals surface area (Å²) in [5.41, 5.74) is 6.38. The summed E-state index contributed by atoms with van der Waals surface area (Å²) in [5.74, 6) is -0.562. The number of para-hydroxylation sites is 1. The van der Waals surface area contributed by atoms with Crippen LogP contribution in [-0.2, 0) is 27.7 Å². The molecule has 35 heavy (non-hydrogen) atoms. The summed E-state index contributed by atoms with van der Waals surface area (Å²) in [6, 6.07) is 24.6. The molecule has 0 heterocycles. The van der Waals surface area contributed by atoms with Gasteiger partial charge in [-0.2, -0.15) is 5.10 Å². The molecule has 4 aromatic rings. The molecule has 0 bridgehead atoms. The number of sulfonamides is 1. The van der Waals surface area contributed by atoms with Gasteiger partial charge in [-0.05, 0) is 71.1 Å². The highest BCUT2D eigenvalue weighted by atomic mass is 35.5. The average molecular weight is 504 g/mol. The van der Waals surface area contributed by atoms with E-state index in [4.69, 9.17) is 11.6 Å². The number of hydrazone groups is 1. The van der Waals surface area contributed by atoms with Crippen LogP contribution in [0, 0.1) is 0 Å². The molecule has 0 aliphatic heterocycles. The van der Waals surface area contributed by atoms with Gasteiger partial charge in [0.15, 0.2) is 0 Å². The zero-order valence-corrected chi connectivity index (χ0v) is 20.3. The summed E-state index contributed by atoms with van der Waals surface area (Å²) in [6.45, 7) is -0.434. The first-order chi connectivity index (χ1) is 16.9. The van der Waals surface area contributed by atoms with Crippen LogP contribution in [0.4, 0.5) is 5.69 Å². The first-order valence-corrected chi connectivity index (χ1v) is 12.9. The lowest BCUT2D eigenvalue weighted by molar-refractivity contribution is -0.119. The number of benzene rings is 4. The third-order valence-corrected chi connectivity index (χ3v) is 8.08. The maximum atomic E-state index is 13.4. The monoisotopic (exact) mass is 503 g/mol. The maximum absolute atomic E-state index is 13.4. The zero-order valence-electron chi connectivity index (χ0n) is 18.7. The third kappa shape index (κ3) is 4.65. The van der Waals surface area contributed by atoms with Gasteiger partial charge in [-0.25, -0.2) is 13.8 Å². The van der Waals surface area contributed by atoms with Crippen LogP contribution >= 0.6 is 11.6 Å². The van der Waals surface area contributed by atoms with Crippen molar-refractivity contribution in [2.45, 2.75) is 17.7 Å². The summed E-state index contributed by atoms with van der Waals surface area (Å²) >= 11 is 5.92. The van der Waals surface area contributed by atoms with Crippen molar-refractivity contribution in [2.24, 2.45) is 5.10 Å². The molecule has 0 spiro atoms. The number of hydrogen-bond acceptors (Lipinski definition) is 4. The summed E-state index contributed by atoms with van der Waals surface area (Å²) in [7, 11) is -4.01. The van der Waals surface area contributed by atoms with Crippen LogP contribution < -0.4 is 9.73 Å². The highest BCUT2D eigenvalue weighted by Gasteiger charge is 2.27. The van der Waals surface area contributed by atoms with E-state index in [2.05, 4.69) is 22.7 Å². The molecule has 1 amide bonds. The van der Waals surface area contributed by atoms with Crippen LogP contribution in [0.2, 0.25) is 5.02 Å². The quantitative estimate of drug-likeness (QED) is 0.286. The number of rotatable bonds is 7. The second kappa shape index (κ2) is 9.52. The standard InChI is InChI=1S/C27H22ClN3O3S/c28-22-13-15-24(16-14-22)35(33,34)31(23-6-2-1-3-7-23)18-26(32)30-29-17-21-12-11-20-10-9-19-5-4-8-25(21)27(19)20/h1-8,11-17H,9-10,18H2,(H,30,32)/b29-17-. The van der Waals surface area contributed by atoms with Crippen LogP contribution in [0.5, 0.6) is 0 Å². The fraction of sp³-hybridized carbons (Fsp3) is 0.111. The van der Waals surface area contributed by atoms with E-state index in [0.29, 0.717) is 10.7 Å². The Morgan fingerprint density at radius 1 is 0.914 bits per heavy atom. The van der Waals surface area contributed by atoms with Gasteiger partial charge in [-0.1, -0.05) is 60.1 Å². The van der Waals surface area contributed by atoms with Gasteiger partial charge in [0.25, 0.3) is 15.9 Å². The zero-order chi connectivity index (χ0) is 24.4. The second-order valence-corrected chi connectivity index (χ2v) is 10.5. The first kappa shape index (κ1) is 23.1. The van der Waals surface area contributed by atoms with Gasteiger partial charge in [0.1, 0.15) is 6.54 Å². The fourth-order valence-electron chi connectivity index (χ4n) is 4.36. The van der Waals surface area contributed by atoms with E-state index in [-0.39, 0.29) is 4.90 Å². The van der Waals surface area contributed by atoms with Crippen molar-refractivity contribution >= 4 is 50.2 Å². The third-order valence-electron chi connectivity index (χ3n) is 6.04. The van der Waals surface area contributed by atoms with Crippen molar-refractivity contribution in [1.29, 1.82) is 0 Å². The van der Waals surface area contributed by atoms with E-state index >= 15 is 0 Å². The molecule has 5 rings (SSSR count). The van der Waals surface area contributed by atoms with Gasteiger partial charge < -0.3 is 0 Å². The van der Waals surface area contributed by atoms with Crippen molar-refractivity contribution in [3.8, 4) is 0 Å². The summed E-state index contributed by atoms with van der Waals surface area (Å²) in [6.07, 6.45) is 3.66. The molecule has 0 aromatic heterocycles. The van der Waals surface area contributed by atoms with Crippen LogP contribution in [0.1, 0.15) is 16.7 Å². The molecule has 0 saturated carbocycles. The largest absolute Gasteiger partial charge is 0.271 e. The summed E-state index contributed by atoms with van der Waals surface area (Å²) in [4.78, 5) is 12.8. The van der Waals surface area contributed by atoms with Crippen molar-refractivity contribution in [3.63, 3.8) is 0 Å². The number of nitrogens with zero attached hydrogens (tertiary/aromatic N) is 2. The molecule has 0 unspecified atom stereocenters. The minimum absolute atomic E-state index is 0.0370. The Hall–Kier alpha value is -3.68. The number of aryl methyl sites for hydroxylation is 2. The number of carbonyl (C=O) groups is 1. The normalized spacial score (nSPS) is 12.8. The molecule has 176 valence electrons. The van der Waals surface area contributed by atoms with Crippen LogP contribution in [-0.4, -0.2) is 27.1 Å². The van der Waals surface area contributed by atoms with Crippen LogP contribution in [0.25, 0.3) is 10.8 Å². The van der Waals surface area contributed by atoms with Crippen molar-refractivity contribution in [3.05, 3.63) is 107 Å². The minimum Gasteiger partial charge on any atom is -0.271 e. The molecule has 6 nitrogen and oxygen atoms in total. The molecule has 1 aliphatic carbocycles. The molecule has 0 saturated heterocycles. The Kier molecular flexibility index (Phi) is 6.28. The lowest BCUT2D eigenvalue weighted by atomic mass is 10.0. The number of nitrogens with one attached hydrogen (secondary N) is 1. The van der Waals surface area contributed by atoms with Gasteiger partial charge in [0.05, 0.1) is 16.8 Å². The average Bonchev–Trinajstić information content (AvgIpc) is 3.29. The molecule has 8 heteroatoms. The lowest BCUT2D eigenvalue weighted by Gasteiger charge is -2.23. The lowest BCUT2D eigenvalue weighted by Crippen LogP contribution is -2.39. The van der Waals surface area contributed by atoms with Gasteiger partial charge in [0, 0.05) is 10.6 Å². The van der Waals surface area contributed by atoms with Gasteiger partial charge in [-0.15, -0.1) is 0 Å². The summed E-state index contributed by atoms with van der Waals surface area (Å²) < 4.78 is 27.8. The molecule has 1 N–H and O–H groups in total. The highest BCUT2D eigenvalue weighted by molar-refractivity contribution is 7.92. The Labute approximate surface area is 208 Å². The van der Waals surface area contributed by atoms with Crippen molar-refractivity contribution in [1.82, 2.24) is 5.43 Å². The Morgan fingerprint density at radius 3 is 2.37 bits per heavy atom. The number of halogens is 1. The van der Waals surface area contributed by atoms with Crippen LogP contribution in [0.15, 0.2) is 94.9 Å². The maximum Gasteiger partial charge on any atom is 0.264 e. The number of anilines is 1. The fourth-order valence-corrected chi connectivity index (χ4v) is 5.91. The molecule has 0 fully saturated rings. The van der Waals surface area contributed by atoms with E-state index < -0.39 is 22.5 Å². The smallest absolute Gasteiger partial charge is 0.264 e. The van der Waals surface area contributed by atoms with E-state index in [9.17, 15) is 13.2 Å². The Bertz CT molecular complexity index is 1530. The Balaban J connectivity index is 1.37. The number of carbonyl (C=O) groups excluding carboxylic acids is 1. The van der Waals surface area contributed by atoms with Crippen LogP contribution in [0.3, 0.4) is 0 Å². The number of amides is 1.